The molecule has 0 bridgehead atoms. The Bertz CT molecular complexity index is 380. The van der Waals surface area contributed by atoms with Gasteiger partial charge >= 0.3 is 0 Å². The van der Waals surface area contributed by atoms with Crippen LogP contribution in [0.15, 0.2) is 12.3 Å². The van der Waals surface area contributed by atoms with Crippen LogP contribution in [0.4, 0.5) is 0 Å². The van der Waals surface area contributed by atoms with Gasteiger partial charge in [-0.15, -0.1) is 0 Å². The molecule has 1 aliphatic heterocycles. The van der Waals surface area contributed by atoms with Crippen LogP contribution in [0.3, 0.4) is 0 Å². The van der Waals surface area contributed by atoms with Crippen LogP contribution in [0, 0.1) is 0 Å². The van der Waals surface area contributed by atoms with Gasteiger partial charge in [0.25, 0.3) is 0 Å². The lowest BCUT2D eigenvalue weighted by molar-refractivity contribution is -0.169. The van der Waals surface area contributed by atoms with E-state index < -0.39 is 0 Å². The first-order chi connectivity index (χ1) is 8.81. The molecule has 1 atom stereocenters. The van der Waals surface area contributed by atoms with E-state index in [1.165, 1.54) is 0 Å². The Kier molecular flexibility index (Phi) is 5.38. The summed E-state index contributed by atoms with van der Waals surface area (Å²) in [7, 11) is 0. The van der Waals surface area contributed by atoms with E-state index in [-0.39, 0.29) is 12.9 Å². The molecular weight excluding hydrogens is 254 g/mol. The third kappa shape index (κ3) is 3.65. The van der Waals surface area contributed by atoms with Crippen molar-refractivity contribution in [2.45, 2.75) is 38.6 Å². The van der Waals surface area contributed by atoms with Gasteiger partial charge in [-0.05, 0) is 25.3 Å². The minimum absolute atomic E-state index is 0.0558. The fourth-order valence-electron chi connectivity index (χ4n) is 2.00. The summed E-state index contributed by atoms with van der Waals surface area (Å²) in [6, 6.07) is 1.74. The first-order valence-electron chi connectivity index (χ1n) is 6.27. The van der Waals surface area contributed by atoms with Crippen molar-refractivity contribution in [1.82, 2.24) is 4.98 Å². The summed E-state index contributed by atoms with van der Waals surface area (Å²) in [5.74, 6) is 0. The van der Waals surface area contributed by atoms with Crippen molar-refractivity contribution >= 4 is 11.6 Å². The van der Waals surface area contributed by atoms with Gasteiger partial charge in [0.05, 0.1) is 6.61 Å². The number of nitrogens with zero attached hydrogens (tertiary/aromatic N) is 1. The number of hydrogen-bond acceptors (Lipinski definition) is 4. The lowest BCUT2D eigenvalue weighted by atomic mass is 10.1. The van der Waals surface area contributed by atoms with Crippen molar-refractivity contribution in [3.63, 3.8) is 0 Å². The molecule has 1 aliphatic rings. The molecular formula is C13H18ClNO3. The highest BCUT2D eigenvalue weighted by Gasteiger charge is 2.16. The molecule has 1 N–H and O–H groups in total. The molecule has 0 saturated carbocycles. The zero-order valence-electron chi connectivity index (χ0n) is 10.3. The van der Waals surface area contributed by atoms with Crippen molar-refractivity contribution in [2.75, 3.05) is 13.2 Å². The summed E-state index contributed by atoms with van der Waals surface area (Å²) >= 11 is 6.14. The molecule has 1 unspecified atom stereocenters. The summed E-state index contributed by atoms with van der Waals surface area (Å²) in [5, 5.41) is 9.63. The summed E-state index contributed by atoms with van der Waals surface area (Å²) < 4.78 is 11.2. The average Bonchev–Trinajstić information content (AvgIpc) is 2.40. The van der Waals surface area contributed by atoms with Crippen LogP contribution in [0.5, 0.6) is 0 Å². The van der Waals surface area contributed by atoms with E-state index >= 15 is 0 Å². The maximum absolute atomic E-state index is 9.00. The summed E-state index contributed by atoms with van der Waals surface area (Å²) in [6.07, 6.45) is 5.15. The smallest absolute Gasteiger partial charge is 0.158 e. The molecule has 2 rings (SSSR count). The fourth-order valence-corrected chi connectivity index (χ4v) is 2.22. The number of ether oxygens (including phenoxy) is 2. The first-order valence-corrected chi connectivity index (χ1v) is 6.65. The molecule has 2 heterocycles. The van der Waals surface area contributed by atoms with Crippen LogP contribution >= 0.6 is 11.6 Å². The van der Waals surface area contributed by atoms with Gasteiger partial charge in [0.2, 0.25) is 0 Å². The molecule has 0 amide bonds. The molecule has 1 saturated heterocycles. The third-order valence-corrected chi connectivity index (χ3v) is 3.34. The molecule has 0 radical (unpaired) electrons. The zero-order valence-corrected chi connectivity index (χ0v) is 11.0. The van der Waals surface area contributed by atoms with Gasteiger partial charge in [0.15, 0.2) is 6.29 Å². The van der Waals surface area contributed by atoms with Crippen molar-refractivity contribution < 1.29 is 14.6 Å². The quantitative estimate of drug-likeness (QED) is 0.893. The van der Waals surface area contributed by atoms with Crippen LogP contribution < -0.4 is 0 Å². The minimum atomic E-state index is -0.142. The number of halogens is 1. The summed E-state index contributed by atoms with van der Waals surface area (Å²) in [5.41, 5.74) is 1.64. The summed E-state index contributed by atoms with van der Waals surface area (Å²) in [6.45, 7) is 1.20. The second-order valence-corrected chi connectivity index (χ2v) is 4.71. The zero-order chi connectivity index (χ0) is 12.8. The molecule has 4 nitrogen and oxygen atoms in total. The predicted molar refractivity (Wildman–Crippen MR) is 68.4 cm³/mol. The first kappa shape index (κ1) is 13.7. The van der Waals surface area contributed by atoms with Gasteiger partial charge in [-0.3, -0.25) is 4.98 Å². The van der Waals surface area contributed by atoms with Gasteiger partial charge in [0.1, 0.15) is 0 Å². The monoisotopic (exact) mass is 271 g/mol. The van der Waals surface area contributed by atoms with E-state index in [9.17, 15) is 0 Å². The highest BCUT2D eigenvalue weighted by atomic mass is 35.5. The Balaban J connectivity index is 1.98. The van der Waals surface area contributed by atoms with E-state index in [4.69, 9.17) is 26.2 Å². The molecule has 0 spiro atoms. The highest BCUT2D eigenvalue weighted by Crippen LogP contribution is 2.22. The second-order valence-electron chi connectivity index (χ2n) is 4.30. The van der Waals surface area contributed by atoms with Gasteiger partial charge in [0, 0.05) is 42.1 Å². The Morgan fingerprint density at radius 2 is 2.39 bits per heavy atom. The van der Waals surface area contributed by atoms with E-state index in [0.717, 1.165) is 37.1 Å². The number of hydrogen-bond donors (Lipinski definition) is 1. The van der Waals surface area contributed by atoms with Gasteiger partial charge in [-0.25, -0.2) is 0 Å². The van der Waals surface area contributed by atoms with Crippen molar-refractivity contribution in [2.24, 2.45) is 0 Å². The molecule has 0 aromatic carbocycles. The summed E-state index contributed by atoms with van der Waals surface area (Å²) in [4.78, 5) is 4.23. The SMILES string of the molecule is OCCc1nccc(Cl)c1COC1CCCCO1. The third-order valence-electron chi connectivity index (χ3n) is 2.99. The van der Waals surface area contributed by atoms with Crippen LogP contribution in [-0.2, 0) is 22.5 Å². The molecule has 5 heteroatoms. The molecule has 1 fully saturated rings. The lowest BCUT2D eigenvalue weighted by Gasteiger charge is -2.23. The molecule has 100 valence electrons. The van der Waals surface area contributed by atoms with Crippen LogP contribution in [0.2, 0.25) is 5.02 Å². The van der Waals surface area contributed by atoms with Crippen molar-refractivity contribution in [3.05, 3.63) is 28.5 Å². The molecule has 1 aromatic heterocycles. The molecule has 1 aromatic rings. The van der Waals surface area contributed by atoms with Crippen molar-refractivity contribution in [1.29, 1.82) is 0 Å². The van der Waals surface area contributed by atoms with E-state index in [2.05, 4.69) is 4.98 Å². The Morgan fingerprint density at radius 1 is 1.50 bits per heavy atom. The van der Waals surface area contributed by atoms with E-state index in [1.54, 1.807) is 12.3 Å². The number of aromatic nitrogens is 1. The fraction of sp³-hybridized carbons (Fsp3) is 0.615. The maximum atomic E-state index is 9.00. The topological polar surface area (TPSA) is 51.6 Å². The van der Waals surface area contributed by atoms with Crippen LogP contribution in [-0.4, -0.2) is 29.6 Å². The largest absolute Gasteiger partial charge is 0.396 e. The Hall–Kier alpha value is -0.680. The minimum Gasteiger partial charge on any atom is -0.396 e. The van der Waals surface area contributed by atoms with Crippen LogP contribution in [0.1, 0.15) is 30.5 Å². The van der Waals surface area contributed by atoms with Crippen LogP contribution in [0.25, 0.3) is 0 Å². The molecule has 18 heavy (non-hydrogen) atoms. The van der Waals surface area contributed by atoms with E-state index in [1.807, 2.05) is 0 Å². The predicted octanol–water partition coefficient (Wildman–Crippen LogP) is 2.31. The molecule has 0 aliphatic carbocycles. The normalized spacial score (nSPS) is 20.0. The number of aliphatic hydroxyl groups excluding tert-OH is 1. The maximum Gasteiger partial charge on any atom is 0.158 e. The van der Waals surface area contributed by atoms with Crippen molar-refractivity contribution in [3.8, 4) is 0 Å². The second kappa shape index (κ2) is 7.04. The van der Waals surface area contributed by atoms with Gasteiger partial charge in [-0.1, -0.05) is 11.6 Å². The van der Waals surface area contributed by atoms with Gasteiger partial charge in [-0.2, -0.15) is 0 Å². The number of rotatable bonds is 5. The van der Waals surface area contributed by atoms with E-state index in [0.29, 0.717) is 18.1 Å². The highest BCUT2D eigenvalue weighted by molar-refractivity contribution is 6.31. The number of pyridine rings is 1. The lowest BCUT2D eigenvalue weighted by Crippen LogP contribution is -2.22. The Labute approximate surface area is 112 Å². The standard InChI is InChI=1S/C13H18ClNO3/c14-11-4-6-15-12(5-7-16)10(11)9-18-13-3-1-2-8-17-13/h4,6,13,16H,1-3,5,7-9H2. The average molecular weight is 272 g/mol. The van der Waals surface area contributed by atoms with Gasteiger partial charge < -0.3 is 14.6 Å². The number of aliphatic hydroxyl groups is 1. The Morgan fingerprint density at radius 3 is 3.11 bits per heavy atom.